The Morgan fingerprint density at radius 2 is 2.05 bits per heavy atom. The number of benzene rings is 1. The van der Waals surface area contributed by atoms with Crippen LogP contribution in [-0.2, 0) is 16.0 Å². The van der Waals surface area contributed by atoms with E-state index in [1.807, 2.05) is 39.0 Å². The second-order valence-corrected chi connectivity index (χ2v) is 5.95. The third-order valence-corrected chi connectivity index (χ3v) is 4.13. The molecule has 5 nitrogen and oxygen atoms in total. The van der Waals surface area contributed by atoms with E-state index in [9.17, 15) is 9.59 Å². The van der Waals surface area contributed by atoms with E-state index in [1.165, 1.54) is 0 Å². The highest BCUT2D eigenvalue weighted by molar-refractivity contribution is 5.94. The molecule has 5 heteroatoms. The predicted octanol–water partition coefficient (Wildman–Crippen LogP) is 2.31. The van der Waals surface area contributed by atoms with E-state index in [1.54, 1.807) is 11.8 Å². The molecule has 1 aliphatic heterocycles. The summed E-state index contributed by atoms with van der Waals surface area (Å²) in [6.07, 6.45) is 1.77. The van der Waals surface area contributed by atoms with E-state index < -0.39 is 0 Å². The SMILES string of the molecule is CCC(C)NC(=O)C(C)Nc1ccc2c(c1)CCN2C(C)=O. The molecule has 0 fully saturated rings. The number of carbonyl (C=O) groups excluding carboxylic acids is 2. The minimum atomic E-state index is -0.294. The number of nitrogens with zero attached hydrogens (tertiary/aromatic N) is 1. The maximum absolute atomic E-state index is 12.1. The highest BCUT2D eigenvalue weighted by Crippen LogP contribution is 2.30. The molecular weight excluding hydrogens is 278 g/mol. The van der Waals surface area contributed by atoms with Gasteiger partial charge in [0, 0.05) is 30.9 Å². The van der Waals surface area contributed by atoms with Crippen LogP contribution in [0.3, 0.4) is 0 Å². The first-order valence-corrected chi connectivity index (χ1v) is 7.90. The van der Waals surface area contributed by atoms with E-state index >= 15 is 0 Å². The highest BCUT2D eigenvalue weighted by Gasteiger charge is 2.22. The Balaban J connectivity index is 2.03. The quantitative estimate of drug-likeness (QED) is 0.877. The Labute approximate surface area is 132 Å². The van der Waals surface area contributed by atoms with Crippen LogP contribution in [0.5, 0.6) is 0 Å². The Morgan fingerprint density at radius 1 is 1.32 bits per heavy atom. The Bertz CT molecular complexity index is 571. The third kappa shape index (κ3) is 3.59. The van der Waals surface area contributed by atoms with Crippen LogP contribution in [0.1, 0.15) is 39.7 Å². The molecule has 2 unspecified atom stereocenters. The van der Waals surface area contributed by atoms with Gasteiger partial charge in [0.15, 0.2) is 0 Å². The van der Waals surface area contributed by atoms with Gasteiger partial charge in [-0.2, -0.15) is 0 Å². The first kappa shape index (κ1) is 16.3. The lowest BCUT2D eigenvalue weighted by Gasteiger charge is -2.19. The molecule has 1 aromatic carbocycles. The summed E-state index contributed by atoms with van der Waals surface area (Å²) < 4.78 is 0. The van der Waals surface area contributed by atoms with Gasteiger partial charge in [-0.05, 0) is 50.5 Å². The normalized spacial score (nSPS) is 15.9. The summed E-state index contributed by atoms with van der Waals surface area (Å²) in [5, 5.41) is 6.20. The molecule has 1 aliphatic rings. The van der Waals surface area contributed by atoms with Crippen LogP contribution >= 0.6 is 0 Å². The van der Waals surface area contributed by atoms with Gasteiger partial charge < -0.3 is 15.5 Å². The smallest absolute Gasteiger partial charge is 0.242 e. The molecule has 2 rings (SSSR count). The van der Waals surface area contributed by atoms with Crippen molar-refractivity contribution in [1.82, 2.24) is 5.32 Å². The third-order valence-electron chi connectivity index (χ3n) is 4.13. The Hall–Kier alpha value is -2.04. The van der Waals surface area contributed by atoms with Crippen molar-refractivity contribution >= 4 is 23.2 Å². The summed E-state index contributed by atoms with van der Waals surface area (Å²) in [7, 11) is 0. The van der Waals surface area contributed by atoms with Crippen molar-refractivity contribution in [2.45, 2.75) is 52.6 Å². The van der Waals surface area contributed by atoms with Crippen molar-refractivity contribution in [3.8, 4) is 0 Å². The fourth-order valence-electron chi connectivity index (χ4n) is 2.60. The predicted molar refractivity (Wildman–Crippen MR) is 89.2 cm³/mol. The molecule has 2 atom stereocenters. The molecule has 0 saturated heterocycles. The second kappa shape index (κ2) is 6.81. The zero-order valence-corrected chi connectivity index (χ0v) is 13.8. The van der Waals surface area contributed by atoms with Crippen LogP contribution in [0, 0.1) is 0 Å². The Kier molecular flexibility index (Phi) is 5.06. The van der Waals surface area contributed by atoms with Gasteiger partial charge in [0.2, 0.25) is 11.8 Å². The molecule has 0 bridgehead atoms. The number of rotatable bonds is 5. The fourth-order valence-corrected chi connectivity index (χ4v) is 2.60. The second-order valence-electron chi connectivity index (χ2n) is 5.95. The van der Waals surface area contributed by atoms with Gasteiger partial charge in [-0.3, -0.25) is 9.59 Å². The number of hydrogen-bond acceptors (Lipinski definition) is 3. The molecule has 2 amide bonds. The zero-order chi connectivity index (χ0) is 16.3. The van der Waals surface area contributed by atoms with Crippen LogP contribution in [-0.4, -0.2) is 30.4 Å². The number of hydrogen-bond donors (Lipinski definition) is 2. The standard InChI is InChI=1S/C17H25N3O2/c1-5-11(2)18-17(22)12(3)19-15-6-7-16-14(10-15)8-9-20(16)13(4)21/h6-7,10-12,19H,5,8-9H2,1-4H3,(H,18,22). The summed E-state index contributed by atoms with van der Waals surface area (Å²) in [6, 6.07) is 5.79. The first-order valence-electron chi connectivity index (χ1n) is 7.90. The molecule has 120 valence electrons. The number of anilines is 2. The van der Waals surface area contributed by atoms with E-state index in [4.69, 9.17) is 0 Å². The van der Waals surface area contributed by atoms with E-state index in [0.29, 0.717) is 0 Å². The summed E-state index contributed by atoms with van der Waals surface area (Å²) in [6.45, 7) is 8.22. The van der Waals surface area contributed by atoms with E-state index in [2.05, 4.69) is 10.6 Å². The average molecular weight is 303 g/mol. The molecule has 0 spiro atoms. The number of amides is 2. The van der Waals surface area contributed by atoms with E-state index in [-0.39, 0.29) is 23.9 Å². The number of carbonyl (C=O) groups is 2. The lowest BCUT2D eigenvalue weighted by atomic mass is 10.1. The van der Waals surface area contributed by atoms with Crippen LogP contribution in [0.15, 0.2) is 18.2 Å². The topological polar surface area (TPSA) is 61.4 Å². The molecule has 22 heavy (non-hydrogen) atoms. The van der Waals surface area contributed by atoms with Crippen LogP contribution in [0.25, 0.3) is 0 Å². The van der Waals surface area contributed by atoms with Gasteiger partial charge in [0.1, 0.15) is 6.04 Å². The number of fused-ring (bicyclic) bond motifs is 1. The summed E-state index contributed by atoms with van der Waals surface area (Å²) in [5.74, 6) is 0.0703. The maximum atomic E-state index is 12.1. The summed E-state index contributed by atoms with van der Waals surface area (Å²) in [5.41, 5.74) is 3.04. The maximum Gasteiger partial charge on any atom is 0.242 e. The summed E-state index contributed by atoms with van der Waals surface area (Å²) >= 11 is 0. The zero-order valence-electron chi connectivity index (χ0n) is 13.8. The minimum Gasteiger partial charge on any atom is -0.374 e. The highest BCUT2D eigenvalue weighted by atomic mass is 16.2. The molecule has 0 saturated carbocycles. The molecule has 1 aromatic rings. The lowest BCUT2D eigenvalue weighted by Crippen LogP contribution is -2.41. The van der Waals surface area contributed by atoms with Gasteiger partial charge in [-0.1, -0.05) is 6.92 Å². The van der Waals surface area contributed by atoms with Crippen LogP contribution < -0.4 is 15.5 Å². The van der Waals surface area contributed by atoms with Crippen LogP contribution in [0.2, 0.25) is 0 Å². The van der Waals surface area contributed by atoms with Crippen molar-refractivity contribution in [2.24, 2.45) is 0 Å². The minimum absolute atomic E-state index is 0.000195. The molecular formula is C17H25N3O2. The monoisotopic (exact) mass is 303 g/mol. The molecule has 0 aromatic heterocycles. The first-order chi connectivity index (χ1) is 10.4. The van der Waals surface area contributed by atoms with Crippen molar-refractivity contribution in [2.75, 3.05) is 16.8 Å². The van der Waals surface area contributed by atoms with Crippen molar-refractivity contribution < 1.29 is 9.59 Å². The van der Waals surface area contributed by atoms with Gasteiger partial charge in [0.05, 0.1) is 0 Å². The van der Waals surface area contributed by atoms with Gasteiger partial charge in [-0.15, -0.1) is 0 Å². The largest absolute Gasteiger partial charge is 0.374 e. The van der Waals surface area contributed by atoms with Gasteiger partial charge in [0.25, 0.3) is 0 Å². The van der Waals surface area contributed by atoms with E-state index in [0.717, 1.165) is 36.3 Å². The Morgan fingerprint density at radius 3 is 2.68 bits per heavy atom. The molecule has 1 heterocycles. The van der Waals surface area contributed by atoms with Gasteiger partial charge in [-0.25, -0.2) is 0 Å². The van der Waals surface area contributed by atoms with Gasteiger partial charge >= 0.3 is 0 Å². The van der Waals surface area contributed by atoms with Crippen molar-refractivity contribution in [3.05, 3.63) is 23.8 Å². The molecule has 0 aliphatic carbocycles. The fraction of sp³-hybridized carbons (Fsp3) is 0.529. The van der Waals surface area contributed by atoms with Crippen LogP contribution in [0.4, 0.5) is 11.4 Å². The number of nitrogens with one attached hydrogen (secondary N) is 2. The molecule has 0 radical (unpaired) electrons. The van der Waals surface area contributed by atoms with Crippen molar-refractivity contribution in [3.63, 3.8) is 0 Å². The molecule has 2 N–H and O–H groups in total. The summed E-state index contributed by atoms with van der Waals surface area (Å²) in [4.78, 5) is 25.4. The lowest BCUT2D eigenvalue weighted by molar-refractivity contribution is -0.122. The van der Waals surface area contributed by atoms with Crippen molar-refractivity contribution in [1.29, 1.82) is 0 Å². The average Bonchev–Trinajstić information content (AvgIpc) is 2.90.